The molecule has 1 heterocycles. The van der Waals surface area contributed by atoms with Crippen molar-refractivity contribution in [2.75, 3.05) is 20.1 Å². The number of halogens is 1. The van der Waals surface area contributed by atoms with E-state index in [1.165, 1.54) is 0 Å². The SMILES string of the molecule is CCCCN(C)C(=O)CCCCCNC(=O)Cc1c(C)n(CC)c2ccc(Cl)cc12. The molecule has 0 saturated carbocycles. The van der Waals surface area contributed by atoms with E-state index in [4.69, 9.17) is 11.6 Å². The molecule has 2 amide bonds. The van der Waals surface area contributed by atoms with Crippen molar-refractivity contribution in [3.8, 4) is 0 Å². The number of hydrogen-bond acceptors (Lipinski definition) is 2. The minimum atomic E-state index is 0.0311. The second kappa shape index (κ2) is 12.0. The molecule has 0 aliphatic carbocycles. The maximum Gasteiger partial charge on any atom is 0.224 e. The number of amides is 2. The Bertz CT molecular complexity index is 860. The van der Waals surface area contributed by atoms with Crippen molar-refractivity contribution >= 4 is 34.3 Å². The summed E-state index contributed by atoms with van der Waals surface area (Å²) < 4.78 is 2.23. The maximum atomic E-state index is 12.5. The predicted octanol–water partition coefficient (Wildman–Crippen LogP) is 5.10. The predicted molar refractivity (Wildman–Crippen MR) is 125 cm³/mol. The molecular weight excluding hydrogens is 398 g/mol. The van der Waals surface area contributed by atoms with E-state index in [-0.39, 0.29) is 11.8 Å². The largest absolute Gasteiger partial charge is 0.356 e. The van der Waals surface area contributed by atoms with Crippen molar-refractivity contribution in [1.29, 1.82) is 0 Å². The minimum absolute atomic E-state index is 0.0311. The lowest BCUT2D eigenvalue weighted by Gasteiger charge is -2.16. The van der Waals surface area contributed by atoms with E-state index in [0.29, 0.717) is 24.4 Å². The zero-order valence-corrected chi connectivity index (χ0v) is 19.6. The Balaban J connectivity index is 1.77. The number of rotatable bonds is 12. The van der Waals surface area contributed by atoms with Crippen molar-refractivity contribution < 1.29 is 9.59 Å². The van der Waals surface area contributed by atoms with Gasteiger partial charge in [-0.2, -0.15) is 0 Å². The van der Waals surface area contributed by atoms with Gasteiger partial charge < -0.3 is 14.8 Å². The van der Waals surface area contributed by atoms with Gasteiger partial charge in [0.2, 0.25) is 11.8 Å². The molecule has 0 fully saturated rings. The van der Waals surface area contributed by atoms with E-state index in [2.05, 4.69) is 30.7 Å². The summed E-state index contributed by atoms with van der Waals surface area (Å²) in [5.74, 6) is 0.248. The van der Waals surface area contributed by atoms with Crippen molar-refractivity contribution in [2.45, 2.75) is 72.3 Å². The van der Waals surface area contributed by atoms with Crippen LogP contribution >= 0.6 is 11.6 Å². The molecule has 1 N–H and O–H groups in total. The van der Waals surface area contributed by atoms with Gasteiger partial charge in [-0.25, -0.2) is 0 Å². The highest BCUT2D eigenvalue weighted by molar-refractivity contribution is 6.31. The normalized spacial score (nSPS) is 11.1. The first-order chi connectivity index (χ1) is 14.4. The average Bonchev–Trinajstić information content (AvgIpc) is 2.98. The standard InChI is InChI=1S/C24H36ClN3O2/c1-5-7-15-27(4)24(30)11-9-8-10-14-26-23(29)17-20-18(3)28(6-2)22-13-12-19(25)16-21(20)22/h12-13,16H,5-11,14-15,17H2,1-4H3,(H,26,29). The Morgan fingerprint density at radius 3 is 2.60 bits per heavy atom. The van der Waals surface area contributed by atoms with Crippen LogP contribution in [0, 0.1) is 6.92 Å². The molecule has 0 radical (unpaired) electrons. The Kier molecular flexibility index (Phi) is 9.70. The Morgan fingerprint density at radius 1 is 1.13 bits per heavy atom. The van der Waals surface area contributed by atoms with Crippen LogP contribution in [0.3, 0.4) is 0 Å². The molecule has 2 rings (SSSR count). The van der Waals surface area contributed by atoms with Crippen LogP contribution in [-0.2, 0) is 22.6 Å². The minimum Gasteiger partial charge on any atom is -0.356 e. The van der Waals surface area contributed by atoms with Gasteiger partial charge in [0.05, 0.1) is 6.42 Å². The molecule has 0 aliphatic heterocycles. The Morgan fingerprint density at radius 2 is 1.90 bits per heavy atom. The zero-order valence-electron chi connectivity index (χ0n) is 18.9. The van der Waals surface area contributed by atoms with Crippen molar-refractivity contribution in [3.63, 3.8) is 0 Å². The number of carbonyl (C=O) groups excluding carboxylic acids is 2. The number of aromatic nitrogens is 1. The molecule has 2 aromatic rings. The fourth-order valence-electron chi connectivity index (χ4n) is 3.89. The van der Waals surface area contributed by atoms with Gasteiger partial charge >= 0.3 is 0 Å². The number of fused-ring (bicyclic) bond motifs is 1. The van der Waals surface area contributed by atoms with E-state index in [1.807, 2.05) is 30.1 Å². The number of benzene rings is 1. The number of hydrogen-bond donors (Lipinski definition) is 1. The van der Waals surface area contributed by atoms with Crippen LogP contribution in [0.5, 0.6) is 0 Å². The molecule has 0 bridgehead atoms. The van der Waals surface area contributed by atoms with Crippen LogP contribution in [0.4, 0.5) is 0 Å². The van der Waals surface area contributed by atoms with E-state index in [1.54, 1.807) is 0 Å². The maximum absolute atomic E-state index is 12.5. The highest BCUT2D eigenvalue weighted by Gasteiger charge is 2.16. The van der Waals surface area contributed by atoms with Gasteiger partial charge in [0.1, 0.15) is 0 Å². The quantitative estimate of drug-likeness (QED) is 0.473. The summed E-state index contributed by atoms with van der Waals surface area (Å²) in [6.45, 7) is 8.64. The molecule has 5 nitrogen and oxygen atoms in total. The summed E-state index contributed by atoms with van der Waals surface area (Å²) in [4.78, 5) is 26.4. The lowest BCUT2D eigenvalue weighted by Crippen LogP contribution is -2.27. The summed E-state index contributed by atoms with van der Waals surface area (Å²) in [6, 6.07) is 5.87. The zero-order chi connectivity index (χ0) is 22.1. The first-order valence-corrected chi connectivity index (χ1v) is 11.5. The molecule has 0 spiro atoms. The summed E-state index contributed by atoms with van der Waals surface area (Å²) >= 11 is 6.19. The van der Waals surface area contributed by atoms with Gasteiger partial charge in [0, 0.05) is 54.7 Å². The number of nitrogens with zero attached hydrogens (tertiary/aromatic N) is 2. The monoisotopic (exact) mass is 433 g/mol. The van der Waals surface area contributed by atoms with Gasteiger partial charge in [-0.05, 0) is 56.9 Å². The van der Waals surface area contributed by atoms with Crippen LogP contribution in [-0.4, -0.2) is 41.4 Å². The Hall–Kier alpha value is -2.01. The molecule has 166 valence electrons. The van der Waals surface area contributed by atoms with Crippen LogP contribution in [0.15, 0.2) is 18.2 Å². The summed E-state index contributed by atoms with van der Waals surface area (Å²) in [6.07, 6.45) is 5.80. The molecule has 0 unspecified atom stereocenters. The molecule has 0 aliphatic rings. The van der Waals surface area contributed by atoms with E-state index >= 15 is 0 Å². The van der Waals surface area contributed by atoms with Gasteiger partial charge in [-0.15, -0.1) is 0 Å². The molecule has 1 aromatic heterocycles. The summed E-state index contributed by atoms with van der Waals surface area (Å²) in [7, 11) is 1.88. The van der Waals surface area contributed by atoms with Crippen LogP contribution in [0.2, 0.25) is 5.02 Å². The fourth-order valence-corrected chi connectivity index (χ4v) is 4.07. The van der Waals surface area contributed by atoms with E-state index in [0.717, 1.165) is 67.4 Å². The van der Waals surface area contributed by atoms with E-state index in [9.17, 15) is 9.59 Å². The number of nitrogens with one attached hydrogen (secondary N) is 1. The highest BCUT2D eigenvalue weighted by Crippen LogP contribution is 2.29. The fraction of sp³-hybridized carbons (Fsp3) is 0.583. The molecule has 0 atom stereocenters. The van der Waals surface area contributed by atoms with Crippen molar-refractivity contribution in [2.24, 2.45) is 0 Å². The first-order valence-electron chi connectivity index (χ1n) is 11.2. The molecule has 6 heteroatoms. The second-order valence-corrected chi connectivity index (χ2v) is 8.41. The van der Waals surface area contributed by atoms with E-state index < -0.39 is 0 Å². The number of aryl methyl sites for hydroxylation is 1. The number of unbranched alkanes of at least 4 members (excludes halogenated alkanes) is 3. The average molecular weight is 434 g/mol. The second-order valence-electron chi connectivity index (χ2n) is 7.98. The molecule has 30 heavy (non-hydrogen) atoms. The topological polar surface area (TPSA) is 54.3 Å². The van der Waals surface area contributed by atoms with Gasteiger partial charge in [-0.1, -0.05) is 31.4 Å². The molecule has 1 aromatic carbocycles. The van der Waals surface area contributed by atoms with Crippen LogP contribution < -0.4 is 5.32 Å². The smallest absolute Gasteiger partial charge is 0.224 e. The van der Waals surface area contributed by atoms with Gasteiger partial charge in [0.25, 0.3) is 0 Å². The lowest BCUT2D eigenvalue weighted by atomic mass is 10.1. The lowest BCUT2D eigenvalue weighted by molar-refractivity contribution is -0.130. The van der Waals surface area contributed by atoms with Crippen molar-refractivity contribution in [3.05, 3.63) is 34.5 Å². The third kappa shape index (κ3) is 6.49. The van der Waals surface area contributed by atoms with Crippen LogP contribution in [0.25, 0.3) is 10.9 Å². The van der Waals surface area contributed by atoms with Crippen molar-refractivity contribution in [1.82, 2.24) is 14.8 Å². The summed E-state index contributed by atoms with van der Waals surface area (Å²) in [5.41, 5.74) is 3.29. The Labute approximate surface area is 185 Å². The summed E-state index contributed by atoms with van der Waals surface area (Å²) in [5, 5.41) is 4.77. The molecular formula is C24H36ClN3O2. The third-order valence-electron chi connectivity index (χ3n) is 5.73. The van der Waals surface area contributed by atoms with Crippen LogP contribution in [0.1, 0.15) is 63.6 Å². The van der Waals surface area contributed by atoms with Gasteiger partial charge in [0.15, 0.2) is 0 Å². The highest BCUT2D eigenvalue weighted by atomic mass is 35.5. The van der Waals surface area contributed by atoms with Gasteiger partial charge in [-0.3, -0.25) is 9.59 Å². The first kappa shape index (κ1) is 24.3. The molecule has 0 saturated heterocycles. The third-order valence-corrected chi connectivity index (χ3v) is 5.97. The number of carbonyl (C=O) groups is 2.